The van der Waals surface area contributed by atoms with Gasteiger partial charge in [0, 0.05) is 6.04 Å². The van der Waals surface area contributed by atoms with Crippen LogP contribution in [0.5, 0.6) is 0 Å². The van der Waals surface area contributed by atoms with E-state index in [0.717, 1.165) is 12.0 Å². The zero-order valence-electron chi connectivity index (χ0n) is 11.8. The molecule has 0 spiro atoms. The zero-order chi connectivity index (χ0) is 15.1. The first kappa shape index (κ1) is 14.6. The summed E-state index contributed by atoms with van der Waals surface area (Å²) in [6, 6.07) is 2.33. The van der Waals surface area contributed by atoms with E-state index in [9.17, 15) is 14.5 Å². The van der Waals surface area contributed by atoms with Crippen molar-refractivity contribution < 1.29 is 9.31 Å². The third-order valence-electron chi connectivity index (χ3n) is 5.05. The van der Waals surface area contributed by atoms with E-state index in [2.05, 4.69) is 5.32 Å². The number of hydrogen-bond donors (Lipinski definition) is 1. The van der Waals surface area contributed by atoms with E-state index >= 15 is 0 Å². The molecule has 0 heterocycles. The van der Waals surface area contributed by atoms with Crippen molar-refractivity contribution in [3.8, 4) is 0 Å². The quantitative estimate of drug-likeness (QED) is 0.651. The summed E-state index contributed by atoms with van der Waals surface area (Å²) >= 11 is 5.76. The van der Waals surface area contributed by atoms with E-state index in [1.54, 1.807) is 0 Å². The molecule has 2 fully saturated rings. The highest BCUT2D eigenvalue weighted by Gasteiger charge is 2.42. The molecule has 4 unspecified atom stereocenters. The molecule has 3 rings (SSSR count). The van der Waals surface area contributed by atoms with Crippen molar-refractivity contribution in [2.45, 2.75) is 38.6 Å². The summed E-state index contributed by atoms with van der Waals surface area (Å²) in [5.74, 6) is 1.30. The van der Waals surface area contributed by atoms with Crippen LogP contribution in [0.25, 0.3) is 0 Å². The molecule has 0 amide bonds. The van der Waals surface area contributed by atoms with E-state index < -0.39 is 10.7 Å². The van der Waals surface area contributed by atoms with Crippen LogP contribution in [0.1, 0.15) is 32.6 Å². The van der Waals surface area contributed by atoms with E-state index in [4.69, 9.17) is 11.6 Å². The summed E-state index contributed by atoms with van der Waals surface area (Å²) in [6.45, 7) is 2.05. The third-order valence-corrected chi connectivity index (χ3v) is 5.34. The first-order valence-corrected chi connectivity index (χ1v) is 7.73. The Labute approximate surface area is 127 Å². The molecule has 0 aliphatic heterocycles. The Morgan fingerprint density at radius 1 is 1.43 bits per heavy atom. The molecule has 4 nitrogen and oxygen atoms in total. The second kappa shape index (κ2) is 5.44. The number of halogens is 2. The first-order chi connectivity index (χ1) is 9.95. The number of benzene rings is 1. The molecule has 0 saturated heterocycles. The number of hydrogen-bond acceptors (Lipinski definition) is 3. The van der Waals surface area contributed by atoms with Gasteiger partial charge in [0.1, 0.15) is 11.5 Å². The van der Waals surface area contributed by atoms with Gasteiger partial charge in [-0.1, -0.05) is 18.0 Å². The summed E-state index contributed by atoms with van der Waals surface area (Å²) < 4.78 is 13.4. The van der Waals surface area contributed by atoms with Gasteiger partial charge in [-0.3, -0.25) is 10.1 Å². The van der Waals surface area contributed by atoms with E-state index in [1.165, 1.54) is 31.7 Å². The highest BCUT2D eigenvalue weighted by Crippen LogP contribution is 2.50. The molecule has 1 aromatic rings. The van der Waals surface area contributed by atoms with Gasteiger partial charge in [0.25, 0.3) is 5.69 Å². The highest BCUT2D eigenvalue weighted by molar-refractivity contribution is 6.31. The maximum Gasteiger partial charge on any atom is 0.295 e. The van der Waals surface area contributed by atoms with Crippen LogP contribution in [0, 0.1) is 33.7 Å². The van der Waals surface area contributed by atoms with Crippen molar-refractivity contribution in [2.75, 3.05) is 5.32 Å². The van der Waals surface area contributed by atoms with Crippen LogP contribution in [0.2, 0.25) is 5.02 Å². The molecular weight excluding hydrogens is 295 g/mol. The van der Waals surface area contributed by atoms with Gasteiger partial charge in [-0.25, -0.2) is 4.39 Å². The summed E-state index contributed by atoms with van der Waals surface area (Å²) in [4.78, 5) is 10.5. The van der Waals surface area contributed by atoms with E-state index in [-0.39, 0.29) is 16.8 Å². The van der Waals surface area contributed by atoms with Crippen molar-refractivity contribution >= 4 is 23.0 Å². The lowest BCUT2D eigenvalue weighted by Crippen LogP contribution is -2.30. The molecule has 1 aromatic carbocycles. The fraction of sp³-hybridized carbons (Fsp3) is 0.600. The second-order valence-electron chi connectivity index (χ2n) is 6.31. The van der Waals surface area contributed by atoms with Crippen molar-refractivity contribution in [1.29, 1.82) is 0 Å². The predicted molar refractivity (Wildman–Crippen MR) is 80.1 cm³/mol. The highest BCUT2D eigenvalue weighted by atomic mass is 35.5. The van der Waals surface area contributed by atoms with Crippen molar-refractivity contribution in [1.82, 2.24) is 0 Å². The molecular formula is C15H18ClFN2O2. The predicted octanol–water partition coefficient (Wildman–Crippen LogP) is 4.62. The van der Waals surface area contributed by atoms with E-state index in [1.807, 2.05) is 6.92 Å². The lowest BCUT2D eigenvalue weighted by molar-refractivity contribution is -0.384. The summed E-state index contributed by atoms with van der Waals surface area (Å²) in [6.07, 6.45) is 5.04. The van der Waals surface area contributed by atoms with E-state index in [0.29, 0.717) is 17.5 Å². The Morgan fingerprint density at radius 2 is 2.19 bits per heavy atom. The molecule has 6 heteroatoms. The Hall–Kier alpha value is -1.36. The van der Waals surface area contributed by atoms with Gasteiger partial charge in [0.05, 0.1) is 16.0 Å². The van der Waals surface area contributed by atoms with Gasteiger partial charge >= 0.3 is 0 Å². The molecule has 4 atom stereocenters. The number of nitro groups is 1. The standard InChI is InChI=1S/C15H18ClFN2O2/c1-8(11-5-9-2-3-10(11)4-9)18-14-6-12(16)13(17)7-15(14)19(20)21/h6-11,18H,2-5H2,1H3. The van der Waals surface area contributed by atoms with Crippen LogP contribution in [0.15, 0.2) is 12.1 Å². The SMILES string of the molecule is CC(Nc1cc(Cl)c(F)cc1[N+](=O)[O-])C1CC2CCC1C2. The fourth-order valence-corrected chi connectivity index (χ4v) is 4.23. The Kier molecular flexibility index (Phi) is 3.78. The van der Waals surface area contributed by atoms with Gasteiger partial charge in [-0.15, -0.1) is 0 Å². The normalized spacial score (nSPS) is 28.6. The van der Waals surface area contributed by atoms with Crippen LogP contribution in [-0.2, 0) is 0 Å². The summed E-state index contributed by atoms with van der Waals surface area (Å²) in [5.41, 5.74) is 0.0496. The topological polar surface area (TPSA) is 55.2 Å². The molecule has 2 bridgehead atoms. The number of fused-ring (bicyclic) bond motifs is 2. The molecule has 2 saturated carbocycles. The molecule has 1 N–H and O–H groups in total. The van der Waals surface area contributed by atoms with Crippen molar-refractivity contribution in [2.24, 2.45) is 17.8 Å². The largest absolute Gasteiger partial charge is 0.377 e. The van der Waals surface area contributed by atoms with Gasteiger partial charge in [-0.2, -0.15) is 0 Å². The molecule has 2 aliphatic rings. The Morgan fingerprint density at radius 3 is 2.76 bits per heavy atom. The fourth-order valence-electron chi connectivity index (χ4n) is 4.06. The average Bonchev–Trinajstić information content (AvgIpc) is 3.04. The maximum absolute atomic E-state index is 13.4. The monoisotopic (exact) mass is 312 g/mol. The van der Waals surface area contributed by atoms with Crippen LogP contribution in [0.4, 0.5) is 15.8 Å². The minimum Gasteiger partial charge on any atom is -0.377 e. The maximum atomic E-state index is 13.4. The van der Waals surface area contributed by atoms with Crippen LogP contribution >= 0.6 is 11.6 Å². The Bertz CT molecular complexity index is 581. The molecule has 114 valence electrons. The minimum atomic E-state index is -0.763. The number of rotatable bonds is 4. The Balaban J connectivity index is 1.80. The molecule has 0 aromatic heterocycles. The van der Waals surface area contributed by atoms with Crippen molar-refractivity contribution in [3.05, 3.63) is 33.1 Å². The second-order valence-corrected chi connectivity index (χ2v) is 6.72. The van der Waals surface area contributed by atoms with Gasteiger partial charge in [-0.05, 0) is 50.0 Å². The number of anilines is 1. The number of nitrogens with zero attached hydrogens (tertiary/aromatic N) is 1. The van der Waals surface area contributed by atoms with Crippen LogP contribution < -0.4 is 5.32 Å². The van der Waals surface area contributed by atoms with Gasteiger partial charge in [0.2, 0.25) is 0 Å². The summed E-state index contributed by atoms with van der Waals surface area (Å²) in [5, 5.41) is 14.2. The number of nitrogens with one attached hydrogen (secondary N) is 1. The van der Waals surface area contributed by atoms with Crippen LogP contribution in [-0.4, -0.2) is 11.0 Å². The lowest BCUT2D eigenvalue weighted by Gasteiger charge is -2.29. The third kappa shape index (κ3) is 2.71. The first-order valence-electron chi connectivity index (χ1n) is 7.35. The smallest absolute Gasteiger partial charge is 0.295 e. The molecule has 21 heavy (non-hydrogen) atoms. The minimum absolute atomic E-state index is 0.0942. The van der Waals surface area contributed by atoms with Gasteiger partial charge in [0.15, 0.2) is 0 Å². The average molecular weight is 313 g/mol. The van der Waals surface area contributed by atoms with Crippen LogP contribution in [0.3, 0.4) is 0 Å². The molecule has 2 aliphatic carbocycles. The van der Waals surface area contributed by atoms with Gasteiger partial charge < -0.3 is 5.32 Å². The van der Waals surface area contributed by atoms with Crippen molar-refractivity contribution in [3.63, 3.8) is 0 Å². The zero-order valence-corrected chi connectivity index (χ0v) is 12.6. The lowest BCUT2D eigenvalue weighted by atomic mass is 9.84. The molecule has 0 radical (unpaired) electrons. The summed E-state index contributed by atoms with van der Waals surface area (Å²) in [7, 11) is 0. The number of nitro benzene ring substituents is 1.